The van der Waals surface area contributed by atoms with Crippen LogP contribution in [0.25, 0.3) is 0 Å². The standard InChI is InChI=1S/C2H7AsOS/c1-3(2,4)5/h1-2H3,(H,4,5)/p-1. The van der Waals surface area contributed by atoms with Crippen molar-refractivity contribution in [2.24, 2.45) is 0 Å². The van der Waals surface area contributed by atoms with E-state index in [9.17, 15) is 4.10 Å². The summed E-state index contributed by atoms with van der Waals surface area (Å²) in [7, 11) is 4.44. The van der Waals surface area contributed by atoms with E-state index < -0.39 is 12.2 Å². The van der Waals surface area contributed by atoms with Gasteiger partial charge in [0.2, 0.25) is 0 Å². The van der Waals surface area contributed by atoms with Gasteiger partial charge in [-0.25, -0.2) is 0 Å². The van der Waals surface area contributed by atoms with Crippen LogP contribution in [0.1, 0.15) is 0 Å². The number of hydrogen-bond acceptors (Lipinski definition) is 2. The second-order valence-corrected chi connectivity index (χ2v) is 11.1. The molecular formula is C2H6AsOS-. The Labute approximate surface area is 38.6 Å². The molecule has 0 aliphatic rings. The van der Waals surface area contributed by atoms with Crippen molar-refractivity contribution in [1.82, 2.24) is 0 Å². The fourth-order valence-electron chi connectivity index (χ4n) is 0. The summed E-state index contributed by atoms with van der Waals surface area (Å²) in [5.74, 6) is 0. The molecule has 0 atom stereocenters. The van der Waals surface area contributed by atoms with Gasteiger partial charge in [-0.05, 0) is 0 Å². The maximum absolute atomic E-state index is 10.1. The third kappa shape index (κ3) is 65.2. The van der Waals surface area contributed by atoms with Crippen LogP contribution >= 0.6 is 10.4 Å². The van der Waals surface area contributed by atoms with E-state index in [2.05, 4.69) is 10.4 Å². The topological polar surface area (TPSA) is 23.1 Å². The van der Waals surface area contributed by atoms with Gasteiger partial charge >= 0.3 is 38.1 Å². The summed E-state index contributed by atoms with van der Waals surface area (Å²) in [6, 6.07) is 0. The summed E-state index contributed by atoms with van der Waals surface area (Å²) >= 11 is -2.54. The Morgan fingerprint density at radius 3 is 1.60 bits per heavy atom. The SMILES string of the molecule is C[As](C)([O-])=S. The van der Waals surface area contributed by atoms with Crippen molar-refractivity contribution < 1.29 is 4.10 Å². The zero-order valence-electron chi connectivity index (χ0n) is 3.26. The second kappa shape index (κ2) is 1.46. The Morgan fingerprint density at radius 1 is 1.60 bits per heavy atom. The first-order valence-corrected chi connectivity index (χ1v) is 8.44. The first-order valence-electron chi connectivity index (χ1n) is 1.26. The van der Waals surface area contributed by atoms with Crippen molar-refractivity contribution in [3.05, 3.63) is 0 Å². The average Bonchev–Trinajstić information content (AvgIpc) is 0.722. The Bertz CT molecular complexity index is 55.8. The molecule has 0 bridgehead atoms. The van der Waals surface area contributed by atoms with Gasteiger partial charge in [-0.2, -0.15) is 0 Å². The Morgan fingerprint density at radius 2 is 1.60 bits per heavy atom. The van der Waals surface area contributed by atoms with E-state index in [4.69, 9.17) is 0 Å². The fourth-order valence-corrected chi connectivity index (χ4v) is 0. The second-order valence-electron chi connectivity index (χ2n) is 1.25. The van der Waals surface area contributed by atoms with Crippen molar-refractivity contribution in [3.63, 3.8) is 0 Å². The van der Waals surface area contributed by atoms with Crippen molar-refractivity contribution in [3.8, 4) is 0 Å². The van der Waals surface area contributed by atoms with E-state index in [0.29, 0.717) is 0 Å². The van der Waals surface area contributed by atoms with E-state index in [-0.39, 0.29) is 0 Å². The van der Waals surface area contributed by atoms with Gasteiger partial charge < -0.3 is 0 Å². The molecule has 5 heavy (non-hydrogen) atoms. The van der Waals surface area contributed by atoms with E-state index in [0.717, 1.165) is 0 Å². The third-order valence-electron chi connectivity index (χ3n) is 0. The van der Waals surface area contributed by atoms with Crippen LogP contribution in [0.4, 0.5) is 0 Å². The van der Waals surface area contributed by atoms with Crippen LogP contribution in [-0.4, -0.2) is 12.2 Å². The van der Waals surface area contributed by atoms with Crippen molar-refractivity contribution in [1.29, 1.82) is 0 Å². The third-order valence-corrected chi connectivity index (χ3v) is 0. The predicted molar refractivity (Wildman–Crippen MR) is 25.1 cm³/mol. The Kier molecular flexibility index (Phi) is 1.67. The molecule has 0 unspecified atom stereocenters. The molecule has 0 aliphatic carbocycles. The minimum atomic E-state index is -2.54. The molecule has 0 radical (unpaired) electrons. The molecule has 0 aromatic carbocycles. The van der Waals surface area contributed by atoms with Crippen molar-refractivity contribution >= 4 is 22.6 Å². The fraction of sp³-hybridized carbons (Fsp3) is 1.00. The van der Waals surface area contributed by atoms with Crippen LogP contribution in [0.15, 0.2) is 0 Å². The van der Waals surface area contributed by atoms with E-state index in [1.165, 1.54) is 0 Å². The molecule has 0 spiro atoms. The van der Waals surface area contributed by atoms with Crippen LogP contribution in [-0.2, 0) is 0 Å². The monoisotopic (exact) mass is 153 g/mol. The van der Waals surface area contributed by atoms with Crippen LogP contribution < -0.4 is 4.10 Å². The van der Waals surface area contributed by atoms with E-state index in [1.54, 1.807) is 11.4 Å². The summed E-state index contributed by atoms with van der Waals surface area (Å²) in [5.41, 5.74) is 3.24. The molecule has 0 rings (SSSR count). The molecule has 0 aromatic heterocycles. The molecule has 0 saturated carbocycles. The normalized spacial score (nSPS) is 11.8. The molecular weight excluding hydrogens is 147 g/mol. The number of hydrogen-bond donors (Lipinski definition) is 0. The number of rotatable bonds is 0. The zero-order valence-corrected chi connectivity index (χ0v) is 5.96. The summed E-state index contributed by atoms with van der Waals surface area (Å²) in [5, 5.41) is 0. The van der Waals surface area contributed by atoms with Gasteiger partial charge in [0.1, 0.15) is 0 Å². The summed E-state index contributed by atoms with van der Waals surface area (Å²) in [4.78, 5) is 0. The first-order chi connectivity index (χ1) is 2.00. The molecule has 32 valence electrons. The summed E-state index contributed by atoms with van der Waals surface area (Å²) in [6.45, 7) is 0. The average molecular weight is 153 g/mol. The quantitative estimate of drug-likeness (QED) is 0.465. The van der Waals surface area contributed by atoms with Gasteiger partial charge in [-0.3, -0.25) is 0 Å². The molecule has 0 fully saturated rings. The molecule has 3 heteroatoms. The van der Waals surface area contributed by atoms with Gasteiger partial charge in [0.05, 0.1) is 0 Å². The van der Waals surface area contributed by atoms with Gasteiger partial charge in [0.15, 0.2) is 0 Å². The van der Waals surface area contributed by atoms with Crippen LogP contribution in [0.2, 0.25) is 11.4 Å². The van der Waals surface area contributed by atoms with Crippen molar-refractivity contribution in [2.75, 3.05) is 0 Å². The molecule has 0 aliphatic heterocycles. The molecule has 1 nitrogen and oxygen atoms in total. The minimum absolute atomic E-state index is 1.62. The van der Waals surface area contributed by atoms with Gasteiger partial charge in [0, 0.05) is 0 Å². The Hall–Kier alpha value is 0.738. The Balaban J connectivity index is 3.47. The van der Waals surface area contributed by atoms with E-state index in [1.807, 2.05) is 0 Å². The molecule has 0 N–H and O–H groups in total. The molecule has 0 aromatic rings. The summed E-state index contributed by atoms with van der Waals surface area (Å²) < 4.78 is 10.1. The zero-order chi connectivity index (χ0) is 4.50. The van der Waals surface area contributed by atoms with Crippen LogP contribution in [0.5, 0.6) is 0 Å². The predicted octanol–water partition coefficient (Wildman–Crippen LogP) is 0.246. The summed E-state index contributed by atoms with van der Waals surface area (Å²) in [6.07, 6.45) is 0. The van der Waals surface area contributed by atoms with E-state index >= 15 is 0 Å². The molecule has 0 amide bonds. The van der Waals surface area contributed by atoms with Crippen molar-refractivity contribution in [2.45, 2.75) is 11.4 Å². The first kappa shape index (κ1) is 5.74. The molecule has 0 heterocycles. The van der Waals surface area contributed by atoms with Gasteiger partial charge in [-0.1, -0.05) is 0 Å². The van der Waals surface area contributed by atoms with Gasteiger partial charge in [0.25, 0.3) is 0 Å². The maximum atomic E-state index is 10.1. The van der Waals surface area contributed by atoms with Crippen LogP contribution in [0.3, 0.4) is 0 Å². The van der Waals surface area contributed by atoms with Crippen LogP contribution in [0, 0.1) is 0 Å². The molecule has 0 saturated heterocycles. The van der Waals surface area contributed by atoms with Gasteiger partial charge in [-0.15, -0.1) is 0 Å².